The van der Waals surface area contributed by atoms with Gasteiger partial charge in [0.15, 0.2) is 0 Å². The van der Waals surface area contributed by atoms with Gasteiger partial charge in [0.05, 0.1) is 5.92 Å². The number of ether oxygens (including phenoxy) is 1. The summed E-state index contributed by atoms with van der Waals surface area (Å²) in [5.41, 5.74) is 1.40. The molecule has 2 fully saturated rings. The van der Waals surface area contributed by atoms with E-state index in [9.17, 15) is 4.79 Å². The molecular weight excluding hydrogens is 260 g/mol. The Hall–Kier alpha value is -1.05. The fourth-order valence-corrected chi connectivity index (χ4v) is 4.11. The summed E-state index contributed by atoms with van der Waals surface area (Å²) in [5.74, 6) is 2.29. The lowest BCUT2D eigenvalue weighted by Gasteiger charge is -2.24. The Kier molecular flexibility index (Phi) is 3.98. The maximum Gasteiger partial charge on any atom is 0.310 e. The van der Waals surface area contributed by atoms with Crippen LogP contribution in [0.2, 0.25) is 0 Å². The zero-order valence-electron chi connectivity index (χ0n) is 13.6. The first-order chi connectivity index (χ1) is 9.90. The van der Waals surface area contributed by atoms with Crippen molar-refractivity contribution < 1.29 is 9.53 Å². The minimum absolute atomic E-state index is 0.00523. The second-order valence-corrected chi connectivity index (χ2v) is 8.13. The van der Waals surface area contributed by atoms with Crippen molar-refractivity contribution in [2.45, 2.75) is 64.9 Å². The monoisotopic (exact) mass is 288 g/mol. The third kappa shape index (κ3) is 3.59. The highest BCUT2D eigenvalue weighted by Gasteiger charge is 2.41. The van der Waals surface area contributed by atoms with E-state index in [0.29, 0.717) is 11.8 Å². The number of carbonyl (C=O) groups excluding carboxylic acids is 1. The molecular formula is C19H28O2. The molecule has 2 saturated carbocycles. The molecule has 0 saturated heterocycles. The molecule has 0 spiro atoms. The molecule has 0 radical (unpaired) electrons. The van der Waals surface area contributed by atoms with E-state index in [1.807, 2.05) is 20.8 Å². The smallest absolute Gasteiger partial charge is 0.310 e. The molecule has 0 aromatic carbocycles. The van der Waals surface area contributed by atoms with Gasteiger partial charge in [-0.3, -0.25) is 4.79 Å². The second kappa shape index (κ2) is 5.62. The van der Waals surface area contributed by atoms with Crippen LogP contribution in [0, 0.1) is 23.7 Å². The highest BCUT2D eigenvalue weighted by atomic mass is 16.6. The Morgan fingerprint density at radius 2 is 2.05 bits per heavy atom. The van der Waals surface area contributed by atoms with Crippen molar-refractivity contribution in [3.05, 3.63) is 23.8 Å². The number of hydrogen-bond acceptors (Lipinski definition) is 2. The van der Waals surface area contributed by atoms with Gasteiger partial charge in [-0.25, -0.2) is 0 Å². The second-order valence-electron chi connectivity index (χ2n) is 8.13. The molecule has 4 rings (SSSR count). The Morgan fingerprint density at radius 1 is 1.24 bits per heavy atom. The minimum atomic E-state index is -0.345. The number of hydrogen-bond donors (Lipinski definition) is 0. The topological polar surface area (TPSA) is 26.3 Å². The van der Waals surface area contributed by atoms with E-state index in [4.69, 9.17) is 4.74 Å². The molecule has 0 aromatic rings. The Labute approximate surface area is 128 Å². The lowest BCUT2D eigenvalue weighted by atomic mass is 9.93. The summed E-state index contributed by atoms with van der Waals surface area (Å²) >= 11 is 0. The van der Waals surface area contributed by atoms with Gasteiger partial charge in [-0.2, -0.15) is 0 Å². The van der Waals surface area contributed by atoms with Crippen molar-refractivity contribution in [1.29, 1.82) is 0 Å². The summed E-state index contributed by atoms with van der Waals surface area (Å²) in [6.07, 6.45) is 14.8. The fourth-order valence-electron chi connectivity index (χ4n) is 4.11. The average molecular weight is 288 g/mol. The molecule has 4 bridgehead atoms. The van der Waals surface area contributed by atoms with Crippen LogP contribution in [0.25, 0.3) is 0 Å². The predicted molar refractivity (Wildman–Crippen MR) is 84.7 cm³/mol. The Morgan fingerprint density at radius 3 is 2.38 bits per heavy atom. The third-order valence-corrected chi connectivity index (χ3v) is 5.15. The molecule has 0 amide bonds. The number of fused-ring (bicyclic) bond motifs is 4. The molecule has 0 aromatic heterocycles. The molecule has 2 heteroatoms. The maximum atomic E-state index is 11.8. The standard InChI is InChI=1S/C12H18O2.C7H10/c1-12(2,3)14-11(13)10-7-8-4-5-9(10)6-8;1-2-7-4-3-6(1)5-7/h4-5,8-10H,6-7H2,1-3H3;1,7H,2-5H2. The summed E-state index contributed by atoms with van der Waals surface area (Å²) < 4.78 is 5.40. The molecule has 0 aliphatic heterocycles. The van der Waals surface area contributed by atoms with Crippen molar-refractivity contribution in [2.75, 3.05) is 0 Å². The average Bonchev–Trinajstić information content (AvgIpc) is 3.18. The summed E-state index contributed by atoms with van der Waals surface area (Å²) in [6, 6.07) is 0. The van der Waals surface area contributed by atoms with Gasteiger partial charge in [0, 0.05) is 0 Å². The normalized spacial score (nSPS) is 35.5. The summed E-state index contributed by atoms with van der Waals surface area (Å²) in [5, 5.41) is 0. The van der Waals surface area contributed by atoms with E-state index >= 15 is 0 Å². The first-order valence-corrected chi connectivity index (χ1v) is 8.50. The van der Waals surface area contributed by atoms with Gasteiger partial charge < -0.3 is 4.74 Å². The van der Waals surface area contributed by atoms with Crippen molar-refractivity contribution in [1.82, 2.24) is 0 Å². The minimum Gasteiger partial charge on any atom is -0.460 e. The predicted octanol–water partition coefficient (Wildman–Crippen LogP) is 4.66. The van der Waals surface area contributed by atoms with Crippen molar-refractivity contribution >= 4 is 5.97 Å². The van der Waals surface area contributed by atoms with Crippen LogP contribution >= 0.6 is 0 Å². The van der Waals surface area contributed by atoms with E-state index in [1.54, 1.807) is 5.57 Å². The summed E-state index contributed by atoms with van der Waals surface area (Å²) in [4.78, 5) is 11.8. The number of esters is 1. The van der Waals surface area contributed by atoms with Crippen LogP contribution in [0.4, 0.5) is 0 Å². The van der Waals surface area contributed by atoms with Gasteiger partial charge in [0.1, 0.15) is 5.60 Å². The molecule has 0 N–H and O–H groups in total. The Balaban J connectivity index is 0.000000156. The van der Waals surface area contributed by atoms with Gasteiger partial charge in [-0.15, -0.1) is 0 Å². The quantitative estimate of drug-likeness (QED) is 0.518. The molecule has 4 aliphatic carbocycles. The molecule has 116 valence electrons. The number of carbonyl (C=O) groups is 1. The van der Waals surface area contributed by atoms with E-state index in [1.165, 1.54) is 25.7 Å². The van der Waals surface area contributed by atoms with Gasteiger partial charge in [0.2, 0.25) is 0 Å². The SMILES string of the molecule is C1=C2CCC(C1)C2.CC(C)(C)OC(=O)C1CC2C=CC1C2. The largest absolute Gasteiger partial charge is 0.460 e. The first-order valence-electron chi connectivity index (χ1n) is 8.50. The van der Waals surface area contributed by atoms with Crippen LogP contribution in [0.15, 0.2) is 23.8 Å². The van der Waals surface area contributed by atoms with Gasteiger partial charge in [0.25, 0.3) is 0 Å². The van der Waals surface area contributed by atoms with E-state index in [2.05, 4.69) is 18.2 Å². The van der Waals surface area contributed by atoms with Crippen molar-refractivity contribution in [3.63, 3.8) is 0 Å². The molecule has 4 atom stereocenters. The zero-order valence-corrected chi connectivity index (χ0v) is 13.6. The lowest BCUT2D eigenvalue weighted by molar-refractivity contribution is -0.160. The summed E-state index contributed by atoms with van der Waals surface area (Å²) in [7, 11) is 0. The molecule has 2 nitrogen and oxygen atoms in total. The van der Waals surface area contributed by atoms with Crippen LogP contribution in [0.1, 0.15) is 59.3 Å². The van der Waals surface area contributed by atoms with E-state index in [-0.39, 0.29) is 17.5 Å². The first kappa shape index (κ1) is 14.9. The van der Waals surface area contributed by atoms with Crippen molar-refractivity contribution in [2.24, 2.45) is 23.7 Å². The maximum absolute atomic E-state index is 11.8. The van der Waals surface area contributed by atoms with Crippen LogP contribution in [0.3, 0.4) is 0 Å². The lowest BCUT2D eigenvalue weighted by Crippen LogP contribution is -2.30. The molecule has 21 heavy (non-hydrogen) atoms. The van der Waals surface area contributed by atoms with Gasteiger partial charge in [-0.05, 0) is 77.0 Å². The molecule has 4 unspecified atom stereocenters. The van der Waals surface area contributed by atoms with Crippen LogP contribution in [0.5, 0.6) is 0 Å². The zero-order chi connectivity index (χ0) is 15.0. The highest BCUT2D eigenvalue weighted by Crippen LogP contribution is 2.44. The van der Waals surface area contributed by atoms with Crippen LogP contribution in [-0.2, 0) is 9.53 Å². The van der Waals surface area contributed by atoms with E-state index < -0.39 is 0 Å². The summed E-state index contributed by atoms with van der Waals surface area (Å²) in [6.45, 7) is 5.77. The van der Waals surface area contributed by atoms with Crippen LogP contribution < -0.4 is 0 Å². The molecule has 4 aliphatic rings. The Bertz CT molecular complexity index is 466. The number of allylic oxidation sites excluding steroid dienone is 4. The van der Waals surface area contributed by atoms with E-state index in [0.717, 1.165) is 18.8 Å². The van der Waals surface area contributed by atoms with Crippen molar-refractivity contribution in [3.8, 4) is 0 Å². The highest BCUT2D eigenvalue weighted by molar-refractivity contribution is 5.74. The van der Waals surface area contributed by atoms with Crippen LogP contribution in [-0.4, -0.2) is 11.6 Å². The number of rotatable bonds is 1. The molecule has 0 heterocycles. The van der Waals surface area contributed by atoms with Gasteiger partial charge in [-0.1, -0.05) is 23.8 Å². The fraction of sp³-hybridized carbons (Fsp3) is 0.737. The third-order valence-electron chi connectivity index (χ3n) is 5.15. The van der Waals surface area contributed by atoms with Gasteiger partial charge >= 0.3 is 5.97 Å².